The van der Waals surface area contributed by atoms with Crippen LogP contribution in [-0.2, 0) is 0 Å². The minimum atomic E-state index is -0.598. The summed E-state index contributed by atoms with van der Waals surface area (Å²) in [4.78, 5) is 12.9. The van der Waals surface area contributed by atoms with Gasteiger partial charge in [0.1, 0.15) is 12.0 Å². The Hall–Kier alpha value is -2.54. The van der Waals surface area contributed by atoms with E-state index in [2.05, 4.69) is 15.6 Å². The molecule has 1 aliphatic rings. The molecule has 2 heterocycles. The first-order valence-corrected chi connectivity index (χ1v) is 6.79. The molecular weight excluding hydrogens is 272 g/mol. The average Bonchev–Trinajstić information content (AvgIpc) is 2.92. The van der Waals surface area contributed by atoms with Crippen LogP contribution in [0.15, 0.2) is 41.0 Å². The van der Waals surface area contributed by atoms with Crippen LogP contribution in [-0.4, -0.2) is 31.2 Å². The minimum absolute atomic E-state index is 0.181. The number of hydrogen-bond acceptors (Lipinski definition) is 5. The second-order valence-electron chi connectivity index (χ2n) is 4.80. The van der Waals surface area contributed by atoms with Gasteiger partial charge in [0.15, 0.2) is 5.03 Å². The summed E-state index contributed by atoms with van der Waals surface area (Å²) in [7, 11) is 0. The number of piperazine rings is 1. The normalized spacial score (nSPS) is 15.0. The summed E-state index contributed by atoms with van der Waals surface area (Å²) in [5.41, 5.74) is 4.74. The molecule has 7 nitrogen and oxygen atoms in total. The molecule has 1 fully saturated rings. The van der Waals surface area contributed by atoms with E-state index in [1.165, 1.54) is 0 Å². The maximum Gasteiger partial charge on any atom is 0.278 e. The highest BCUT2D eigenvalue weighted by molar-refractivity contribution is 5.85. The maximum atomic E-state index is 10.8. The number of nitro groups is 1. The molecule has 0 saturated carbocycles. The van der Waals surface area contributed by atoms with Crippen molar-refractivity contribution in [2.24, 2.45) is 0 Å². The Morgan fingerprint density at radius 3 is 2.62 bits per heavy atom. The predicted molar refractivity (Wildman–Crippen MR) is 79.8 cm³/mol. The van der Waals surface area contributed by atoms with Gasteiger partial charge in [-0.05, 0) is 5.56 Å². The van der Waals surface area contributed by atoms with Crippen LogP contribution in [0.1, 0.15) is 0 Å². The molecule has 1 aliphatic heterocycles. The van der Waals surface area contributed by atoms with Crippen LogP contribution >= 0.6 is 0 Å². The molecule has 0 radical (unpaired) electrons. The van der Waals surface area contributed by atoms with Gasteiger partial charge in [-0.1, -0.05) is 35.8 Å². The molecule has 0 aliphatic carbocycles. The van der Waals surface area contributed by atoms with Crippen molar-refractivity contribution in [2.45, 2.75) is 0 Å². The number of rotatable bonds is 4. The Morgan fingerprint density at radius 1 is 1.24 bits per heavy atom. The molecule has 1 saturated heterocycles. The van der Waals surface area contributed by atoms with E-state index in [1.807, 2.05) is 30.3 Å². The van der Waals surface area contributed by atoms with E-state index in [0.29, 0.717) is 0 Å². The van der Waals surface area contributed by atoms with Crippen LogP contribution in [0.5, 0.6) is 0 Å². The fraction of sp³-hybridized carbons (Fsp3) is 0.286. The molecule has 0 atom stereocenters. The summed E-state index contributed by atoms with van der Waals surface area (Å²) in [6, 6.07) is 9.73. The Labute approximate surface area is 121 Å². The van der Waals surface area contributed by atoms with Gasteiger partial charge in [0.05, 0.1) is 0 Å². The number of hydrogen-bond donors (Lipinski definition) is 2. The zero-order valence-corrected chi connectivity index (χ0v) is 11.4. The predicted octanol–water partition coefficient (Wildman–Crippen LogP) is 1.96. The Balaban J connectivity index is 2.03. The van der Waals surface area contributed by atoms with E-state index in [9.17, 15) is 10.1 Å². The summed E-state index contributed by atoms with van der Waals surface area (Å²) >= 11 is 0. The second kappa shape index (κ2) is 5.84. The molecule has 0 spiro atoms. The van der Waals surface area contributed by atoms with Crippen LogP contribution in [0.25, 0.3) is 11.1 Å². The molecule has 1 aromatic heterocycles. The van der Waals surface area contributed by atoms with E-state index in [-0.39, 0.29) is 5.88 Å². The molecular formula is C14H16N4O3. The lowest BCUT2D eigenvalue weighted by molar-refractivity contribution is -0.446. The minimum Gasteiger partial charge on any atom is -0.442 e. The fourth-order valence-electron chi connectivity index (χ4n) is 2.54. The van der Waals surface area contributed by atoms with E-state index < -0.39 is 5.03 Å². The Morgan fingerprint density at radius 2 is 1.95 bits per heavy atom. The van der Waals surface area contributed by atoms with Crippen LogP contribution in [0.2, 0.25) is 0 Å². The number of anilines is 2. The third-order valence-corrected chi connectivity index (χ3v) is 3.48. The summed E-state index contributed by atoms with van der Waals surface area (Å²) in [6.07, 6.45) is 1.57. The molecule has 2 aromatic rings. The summed E-state index contributed by atoms with van der Waals surface area (Å²) in [5.74, 6) is 0.181. The summed E-state index contributed by atoms with van der Waals surface area (Å²) in [6.45, 7) is 3.26. The molecule has 0 bridgehead atoms. The van der Waals surface area contributed by atoms with Crippen LogP contribution in [0.3, 0.4) is 0 Å². The van der Waals surface area contributed by atoms with E-state index in [0.717, 1.165) is 43.0 Å². The lowest BCUT2D eigenvalue weighted by atomic mass is 10.1. The van der Waals surface area contributed by atoms with Crippen LogP contribution in [0, 0.1) is 10.1 Å². The van der Waals surface area contributed by atoms with Gasteiger partial charge in [0, 0.05) is 31.7 Å². The molecule has 110 valence electrons. The highest BCUT2D eigenvalue weighted by atomic mass is 16.7. The van der Waals surface area contributed by atoms with Gasteiger partial charge < -0.3 is 14.6 Å². The summed E-state index contributed by atoms with van der Waals surface area (Å²) in [5, 5.41) is 13.4. The number of hydrazine groups is 1. The molecule has 0 amide bonds. The number of furan rings is 1. The van der Waals surface area contributed by atoms with Gasteiger partial charge in [-0.15, -0.1) is 0 Å². The van der Waals surface area contributed by atoms with Gasteiger partial charge in [0.25, 0.3) is 5.88 Å². The Bertz CT molecular complexity index is 620. The van der Waals surface area contributed by atoms with Crippen molar-refractivity contribution in [1.29, 1.82) is 0 Å². The molecule has 1 aromatic carbocycles. The topological polar surface area (TPSA) is 83.6 Å². The van der Waals surface area contributed by atoms with E-state index >= 15 is 0 Å². The first-order valence-electron chi connectivity index (χ1n) is 6.79. The molecule has 3 rings (SSSR count). The number of nitrogens with one attached hydrogen (secondary N) is 2. The third-order valence-electron chi connectivity index (χ3n) is 3.48. The van der Waals surface area contributed by atoms with Gasteiger partial charge in [0.2, 0.25) is 0 Å². The van der Waals surface area contributed by atoms with Crippen molar-refractivity contribution < 1.29 is 9.45 Å². The first kappa shape index (κ1) is 13.4. The van der Waals surface area contributed by atoms with Crippen molar-refractivity contribution in [3.63, 3.8) is 0 Å². The van der Waals surface area contributed by atoms with Gasteiger partial charge >= 0.3 is 0 Å². The van der Waals surface area contributed by atoms with Gasteiger partial charge in [-0.2, -0.15) is 0 Å². The molecule has 2 N–H and O–H groups in total. The smallest absolute Gasteiger partial charge is 0.278 e. The lowest BCUT2D eigenvalue weighted by Gasteiger charge is -2.29. The van der Waals surface area contributed by atoms with Crippen molar-refractivity contribution in [3.8, 4) is 11.1 Å². The van der Waals surface area contributed by atoms with E-state index in [4.69, 9.17) is 4.42 Å². The largest absolute Gasteiger partial charge is 0.442 e. The van der Waals surface area contributed by atoms with Crippen molar-refractivity contribution in [3.05, 3.63) is 46.7 Å². The zero-order chi connectivity index (χ0) is 14.7. The van der Waals surface area contributed by atoms with E-state index in [1.54, 1.807) is 6.26 Å². The SMILES string of the molecule is O=[N+]([O-])Nc1occ(-c2ccccc2)c1N1CCNCC1. The summed E-state index contributed by atoms with van der Waals surface area (Å²) < 4.78 is 5.40. The van der Waals surface area contributed by atoms with Crippen molar-refractivity contribution >= 4 is 11.6 Å². The third kappa shape index (κ3) is 2.82. The molecule has 21 heavy (non-hydrogen) atoms. The quantitative estimate of drug-likeness (QED) is 0.661. The number of benzene rings is 1. The van der Waals surface area contributed by atoms with Gasteiger partial charge in [-0.25, -0.2) is 10.1 Å². The van der Waals surface area contributed by atoms with Crippen LogP contribution < -0.4 is 15.6 Å². The van der Waals surface area contributed by atoms with Crippen LogP contribution in [0.4, 0.5) is 11.6 Å². The molecule has 0 unspecified atom stereocenters. The fourth-order valence-corrected chi connectivity index (χ4v) is 2.54. The standard InChI is InChI=1S/C14H16N4O3/c19-18(20)16-14-13(17-8-6-15-7-9-17)12(10-21-14)11-4-2-1-3-5-11/h1-5,10,15-16H,6-9H2. The molecule has 7 heteroatoms. The highest BCUT2D eigenvalue weighted by Gasteiger charge is 2.24. The monoisotopic (exact) mass is 288 g/mol. The number of nitrogens with zero attached hydrogens (tertiary/aromatic N) is 2. The zero-order valence-electron chi connectivity index (χ0n) is 11.4. The highest BCUT2D eigenvalue weighted by Crippen LogP contribution is 2.39. The van der Waals surface area contributed by atoms with Crippen molar-refractivity contribution in [1.82, 2.24) is 5.32 Å². The first-order chi connectivity index (χ1) is 10.3. The average molecular weight is 288 g/mol. The maximum absolute atomic E-state index is 10.8. The van der Waals surface area contributed by atoms with Gasteiger partial charge in [-0.3, -0.25) is 0 Å². The van der Waals surface area contributed by atoms with Crippen molar-refractivity contribution in [2.75, 3.05) is 36.5 Å². The second-order valence-corrected chi connectivity index (χ2v) is 4.80. The lowest BCUT2D eigenvalue weighted by Crippen LogP contribution is -2.43. The Kier molecular flexibility index (Phi) is 3.74.